The number of thiophene rings is 1. The predicted octanol–water partition coefficient (Wildman–Crippen LogP) is 0.483. The summed E-state index contributed by atoms with van der Waals surface area (Å²) >= 11 is 1.00. The van der Waals surface area contributed by atoms with Gasteiger partial charge in [-0.2, -0.15) is 13.2 Å². The normalized spacial score (nSPS) is 12.1. The van der Waals surface area contributed by atoms with Crippen LogP contribution in [0.1, 0.15) is 18.2 Å². The molecule has 13 nitrogen and oxygen atoms in total. The standard InChI is InChI=1S/C15H20N6O5S2.C2HF3O2/c1-9-4-5-10(20-28(24,25)12-3-2-8-27-12)14(23)21(9)11(13(16)22)6-7-26-19-15(17)18;3-2(4,5)1(6)7/h2-5,8,11,20H,6-7H2,1H3,(H2,16,22)(H4,17,18,19);(H,6,7). The van der Waals surface area contributed by atoms with Gasteiger partial charge < -0.3 is 16.6 Å². The number of sulfonamides is 1. The molecule has 18 heteroatoms. The zero-order valence-corrected chi connectivity index (χ0v) is 19.5. The quantitative estimate of drug-likeness (QED) is 0.112. The number of aliphatic carboxylic acids is 1. The highest BCUT2D eigenvalue weighted by atomic mass is 32.2. The number of nitrogens with zero attached hydrogens (tertiary/aromatic N) is 1. The molecule has 0 saturated carbocycles. The van der Waals surface area contributed by atoms with Gasteiger partial charge in [-0.25, -0.2) is 18.7 Å². The predicted molar refractivity (Wildman–Crippen MR) is 118 cm³/mol. The summed E-state index contributed by atoms with van der Waals surface area (Å²) in [4.78, 5) is 38.5. The van der Waals surface area contributed by atoms with Crippen LogP contribution in [-0.2, 0) is 24.4 Å². The molecule has 1 unspecified atom stereocenters. The molecule has 0 bridgehead atoms. The van der Waals surface area contributed by atoms with Crippen molar-refractivity contribution < 1.29 is 41.1 Å². The molecule has 2 aromatic rings. The highest BCUT2D eigenvalue weighted by Gasteiger charge is 2.38. The van der Waals surface area contributed by atoms with Crippen molar-refractivity contribution in [3.05, 3.63) is 45.7 Å². The number of rotatable bonds is 9. The molecule has 0 saturated heterocycles. The van der Waals surface area contributed by atoms with Crippen molar-refractivity contribution in [2.75, 3.05) is 11.3 Å². The van der Waals surface area contributed by atoms with Crippen LogP contribution < -0.4 is 27.2 Å². The number of guanidine groups is 1. The summed E-state index contributed by atoms with van der Waals surface area (Å²) in [7, 11) is -3.93. The lowest BCUT2D eigenvalue weighted by Crippen LogP contribution is -2.38. The van der Waals surface area contributed by atoms with E-state index < -0.39 is 45.6 Å². The third-order valence-electron chi connectivity index (χ3n) is 3.88. The van der Waals surface area contributed by atoms with E-state index in [1.165, 1.54) is 18.2 Å². The van der Waals surface area contributed by atoms with E-state index in [9.17, 15) is 31.2 Å². The van der Waals surface area contributed by atoms with Crippen molar-refractivity contribution >= 4 is 44.9 Å². The Balaban J connectivity index is 0.000000762. The van der Waals surface area contributed by atoms with E-state index in [4.69, 9.17) is 31.6 Å². The monoisotopic (exact) mass is 542 g/mol. The Morgan fingerprint density at radius 3 is 2.34 bits per heavy atom. The maximum atomic E-state index is 12.8. The lowest BCUT2D eigenvalue weighted by Gasteiger charge is -2.20. The van der Waals surface area contributed by atoms with Crippen LogP contribution >= 0.6 is 11.3 Å². The van der Waals surface area contributed by atoms with Gasteiger partial charge in [0.2, 0.25) is 11.9 Å². The number of carbonyl (C=O) groups excluding carboxylic acids is 1. The number of amides is 1. The van der Waals surface area contributed by atoms with Crippen LogP contribution in [0.2, 0.25) is 0 Å². The van der Waals surface area contributed by atoms with Crippen LogP contribution in [0.15, 0.2) is 38.6 Å². The van der Waals surface area contributed by atoms with E-state index in [0.717, 1.165) is 15.9 Å². The van der Waals surface area contributed by atoms with Crippen molar-refractivity contribution in [3.63, 3.8) is 0 Å². The van der Waals surface area contributed by atoms with E-state index in [1.54, 1.807) is 18.4 Å². The molecular formula is C17H21F3N6O7S2. The van der Waals surface area contributed by atoms with E-state index in [0.29, 0.717) is 5.69 Å². The number of carboxylic acid groups (broad SMARTS) is 1. The third-order valence-corrected chi connectivity index (χ3v) is 6.65. The maximum Gasteiger partial charge on any atom is 0.490 e. The number of aryl methyl sites for hydroxylation is 1. The number of carbonyl (C=O) groups is 2. The molecule has 1 amide bonds. The number of hydroxylamine groups is 1. The Morgan fingerprint density at radius 1 is 1.29 bits per heavy atom. The SMILES string of the molecule is Cc1ccc(NS(=O)(=O)c2cccs2)c(=O)n1C(CCONC(=N)N)C(N)=O.O=C(O)C(F)(F)F. The minimum Gasteiger partial charge on any atom is -0.475 e. The third kappa shape index (κ3) is 8.91. The Bertz CT molecular complexity index is 1210. The molecule has 0 fully saturated rings. The minimum atomic E-state index is -5.08. The summed E-state index contributed by atoms with van der Waals surface area (Å²) in [5, 5.41) is 15.7. The second-order valence-corrected chi connectivity index (χ2v) is 9.33. The molecule has 8 N–H and O–H groups in total. The van der Waals surface area contributed by atoms with Crippen LogP contribution in [0.4, 0.5) is 18.9 Å². The lowest BCUT2D eigenvalue weighted by atomic mass is 10.1. The number of carboxylic acids is 1. The molecule has 194 valence electrons. The summed E-state index contributed by atoms with van der Waals surface area (Å²) in [6, 6.07) is 4.71. The van der Waals surface area contributed by atoms with Gasteiger partial charge in [-0.3, -0.25) is 29.1 Å². The molecule has 0 spiro atoms. The topological polar surface area (TPSA) is 220 Å². The summed E-state index contributed by atoms with van der Waals surface area (Å²) in [6.45, 7) is 1.51. The van der Waals surface area contributed by atoms with Crippen molar-refractivity contribution in [1.82, 2.24) is 10.0 Å². The number of nitrogens with two attached hydrogens (primary N) is 2. The van der Waals surface area contributed by atoms with Crippen molar-refractivity contribution in [1.29, 1.82) is 5.41 Å². The highest BCUT2D eigenvalue weighted by molar-refractivity contribution is 7.94. The van der Waals surface area contributed by atoms with Gasteiger partial charge in [-0.15, -0.1) is 11.3 Å². The molecule has 0 radical (unpaired) electrons. The van der Waals surface area contributed by atoms with E-state index in [2.05, 4.69) is 10.2 Å². The Labute approximate surface area is 200 Å². The van der Waals surface area contributed by atoms with Crippen molar-refractivity contribution in [3.8, 4) is 0 Å². The average molecular weight is 543 g/mol. The van der Waals surface area contributed by atoms with E-state index in [1.807, 2.05) is 0 Å². The molecular weight excluding hydrogens is 521 g/mol. The van der Waals surface area contributed by atoms with Gasteiger partial charge >= 0.3 is 12.1 Å². The first-order valence-corrected chi connectivity index (χ1v) is 11.5. The lowest BCUT2D eigenvalue weighted by molar-refractivity contribution is -0.192. The highest BCUT2D eigenvalue weighted by Crippen LogP contribution is 2.20. The van der Waals surface area contributed by atoms with Crippen molar-refractivity contribution in [2.24, 2.45) is 11.5 Å². The number of nitrogens with one attached hydrogen (secondary N) is 3. The van der Waals surface area contributed by atoms with Gasteiger partial charge in [0.05, 0.1) is 6.61 Å². The first-order chi connectivity index (χ1) is 16.1. The molecule has 2 rings (SSSR count). The first kappa shape index (κ1) is 29.4. The first-order valence-electron chi connectivity index (χ1n) is 9.17. The number of anilines is 1. The van der Waals surface area contributed by atoms with Crippen LogP contribution in [0.25, 0.3) is 0 Å². The van der Waals surface area contributed by atoms with Gasteiger partial charge in [0.25, 0.3) is 15.6 Å². The van der Waals surface area contributed by atoms with Gasteiger partial charge in [-0.05, 0) is 30.5 Å². The molecule has 0 aliphatic heterocycles. The molecule has 2 heterocycles. The van der Waals surface area contributed by atoms with E-state index in [-0.39, 0.29) is 22.9 Å². The largest absolute Gasteiger partial charge is 0.490 e. The average Bonchev–Trinajstić information content (AvgIpc) is 3.27. The van der Waals surface area contributed by atoms with Gasteiger partial charge in [0, 0.05) is 12.1 Å². The van der Waals surface area contributed by atoms with Crippen LogP contribution in [-0.4, -0.2) is 48.7 Å². The fourth-order valence-corrected chi connectivity index (χ4v) is 4.47. The fraction of sp³-hybridized carbons (Fsp3) is 0.294. The second-order valence-electron chi connectivity index (χ2n) is 6.48. The van der Waals surface area contributed by atoms with Crippen LogP contribution in [0.5, 0.6) is 0 Å². The zero-order chi connectivity index (χ0) is 27.0. The zero-order valence-electron chi connectivity index (χ0n) is 17.8. The molecule has 35 heavy (non-hydrogen) atoms. The minimum absolute atomic E-state index is 0.00249. The van der Waals surface area contributed by atoms with Gasteiger partial charge in [-0.1, -0.05) is 6.07 Å². The number of hydrogen-bond donors (Lipinski definition) is 6. The number of primary amides is 1. The second kappa shape index (κ2) is 12.2. The number of pyridine rings is 1. The van der Waals surface area contributed by atoms with Gasteiger partial charge in [0.1, 0.15) is 15.9 Å². The summed E-state index contributed by atoms with van der Waals surface area (Å²) < 4.78 is 59.9. The van der Waals surface area contributed by atoms with Gasteiger partial charge in [0.15, 0.2) is 0 Å². The fourth-order valence-electron chi connectivity index (χ4n) is 2.42. The molecule has 2 aromatic heterocycles. The summed E-state index contributed by atoms with van der Waals surface area (Å²) in [5.74, 6) is -3.98. The Kier molecular flexibility index (Phi) is 10.2. The number of halogens is 3. The Morgan fingerprint density at radius 2 is 1.89 bits per heavy atom. The smallest absolute Gasteiger partial charge is 0.475 e. The summed E-state index contributed by atoms with van der Waals surface area (Å²) in [5.41, 5.74) is 12.1. The number of hydrogen-bond acceptors (Lipinski definition) is 8. The molecule has 0 aliphatic carbocycles. The summed E-state index contributed by atoms with van der Waals surface area (Å²) in [6.07, 6.45) is -5.09. The molecule has 1 atom stereocenters. The number of alkyl halides is 3. The van der Waals surface area contributed by atoms with Crippen LogP contribution in [0, 0.1) is 12.3 Å². The van der Waals surface area contributed by atoms with E-state index >= 15 is 0 Å². The molecule has 0 aromatic carbocycles. The van der Waals surface area contributed by atoms with Crippen LogP contribution in [0.3, 0.4) is 0 Å². The number of aromatic nitrogens is 1. The molecule has 0 aliphatic rings. The Hall–Kier alpha value is -3.64. The maximum absolute atomic E-state index is 12.8. The van der Waals surface area contributed by atoms with Crippen molar-refractivity contribution in [2.45, 2.75) is 29.8 Å².